The Hall–Kier alpha value is 1.08. The number of rotatable bonds is 0. The fraction of sp³-hybridized carbons (Fsp3) is 1.00. The molecule has 3 heteroatoms. The molecule has 0 aliphatic heterocycles. The molecule has 0 amide bonds. The maximum absolute atomic E-state index is 4.50. The maximum atomic E-state index is 4.50. The molecule has 0 bridgehead atoms. The summed E-state index contributed by atoms with van der Waals surface area (Å²) >= 11 is 0. The molecule has 0 saturated carbocycles. The summed E-state index contributed by atoms with van der Waals surface area (Å²) in [6, 6.07) is 0. The molecular weight excluding hydrogens is 299 g/mol. The van der Waals surface area contributed by atoms with Gasteiger partial charge in [0.15, 0.2) is 0 Å². The first-order chi connectivity index (χ1) is 2.41. The summed E-state index contributed by atoms with van der Waals surface area (Å²) < 4.78 is 0. The van der Waals surface area contributed by atoms with Crippen molar-refractivity contribution in [3.63, 3.8) is 0 Å². The minimum atomic E-state index is 0. The second kappa shape index (κ2) is 36.3. The van der Waals surface area contributed by atoms with Gasteiger partial charge in [-0.2, -0.15) is 14.1 Å². The predicted octanol–water partition coefficient (Wildman–Crippen LogP) is 0.823. The fourth-order valence-corrected chi connectivity index (χ4v) is 0. The Morgan fingerprint density at radius 2 is 1.17 bits per heavy atom. The van der Waals surface area contributed by atoms with Crippen LogP contribution in [0.25, 0.3) is 5.32 Å². The quantitative estimate of drug-likeness (QED) is 0.589. The van der Waals surface area contributed by atoms with Crippen LogP contribution in [0.2, 0.25) is 6.82 Å². The number of hydrogen-bond donors (Lipinski definition) is 0. The molecule has 0 unspecified atom stereocenters. The van der Waals surface area contributed by atoms with E-state index in [2.05, 4.69) is 13.2 Å². The van der Waals surface area contributed by atoms with E-state index >= 15 is 0 Å². The van der Waals surface area contributed by atoms with Gasteiger partial charge < -0.3 is 5.32 Å². The number of nitrogens with zero attached hydrogens (tertiary/aromatic N) is 1. The summed E-state index contributed by atoms with van der Waals surface area (Å²) in [6.45, 7) is 1.50. The van der Waals surface area contributed by atoms with Gasteiger partial charge >= 0.3 is 0 Å². The topological polar surface area (TPSA) is 14.1 Å². The standard InChI is InChI=1S/C2H6N.CH3B.U/c1-3-2;1-2;/h1-2H3;1H3;/q-1;;. The van der Waals surface area contributed by atoms with Crippen LogP contribution in [-0.2, 0) is 0 Å². The normalized spacial score (nSPS) is 3.83. The van der Waals surface area contributed by atoms with Crippen LogP contribution in [0.1, 0.15) is 0 Å². The van der Waals surface area contributed by atoms with Crippen LogP contribution in [0.3, 0.4) is 0 Å². The molecule has 1 nitrogen and oxygen atoms in total. The van der Waals surface area contributed by atoms with Crippen LogP contribution in [0.4, 0.5) is 0 Å². The van der Waals surface area contributed by atoms with Crippen LogP contribution >= 0.6 is 0 Å². The van der Waals surface area contributed by atoms with E-state index in [9.17, 15) is 0 Å². The van der Waals surface area contributed by atoms with Crippen molar-refractivity contribution in [3.8, 4) is 0 Å². The molecule has 0 saturated heterocycles. The van der Waals surface area contributed by atoms with Crippen LogP contribution < -0.4 is 0 Å². The molecule has 0 aromatic carbocycles. The Bertz CT molecular complexity index is 10.8. The third-order valence-corrected chi connectivity index (χ3v) is 0. The zero-order valence-corrected chi connectivity index (χ0v) is 8.69. The van der Waals surface area contributed by atoms with Crippen molar-refractivity contribution >= 4 is 7.85 Å². The van der Waals surface area contributed by atoms with E-state index in [0.29, 0.717) is 0 Å². The molecule has 0 N–H and O–H groups in total. The molecule has 0 rings (SSSR count). The first kappa shape index (κ1) is 15.7. The van der Waals surface area contributed by atoms with E-state index in [0.717, 1.165) is 0 Å². The van der Waals surface area contributed by atoms with E-state index in [1.165, 1.54) is 6.82 Å². The van der Waals surface area contributed by atoms with Crippen molar-refractivity contribution in [2.24, 2.45) is 0 Å². The summed E-state index contributed by atoms with van der Waals surface area (Å²) in [5.41, 5.74) is 0. The van der Waals surface area contributed by atoms with Gasteiger partial charge in [-0.15, -0.1) is 0 Å². The molecule has 0 aliphatic carbocycles. The third kappa shape index (κ3) is 72.8. The zero-order valence-electron chi connectivity index (χ0n) is 4.52. The average Bonchev–Trinajstić information content (AvgIpc) is 1.46. The van der Waals surface area contributed by atoms with Gasteiger partial charge in [-0.3, -0.25) is 0 Å². The summed E-state index contributed by atoms with van der Waals surface area (Å²) in [5.74, 6) is 0. The monoisotopic (exact) mass is 308 g/mol. The molecule has 34 valence electrons. The van der Waals surface area contributed by atoms with Gasteiger partial charge in [0.1, 0.15) is 0 Å². The minimum Gasteiger partial charge on any atom is -0.668 e. The molecule has 0 spiro atoms. The van der Waals surface area contributed by atoms with E-state index < -0.39 is 0 Å². The van der Waals surface area contributed by atoms with Gasteiger partial charge in [0, 0.05) is 31.1 Å². The second-order valence-electron chi connectivity index (χ2n) is 0.447. The zero-order chi connectivity index (χ0) is 4.71. The van der Waals surface area contributed by atoms with E-state index in [4.69, 9.17) is 0 Å². The molecule has 0 aliphatic rings. The van der Waals surface area contributed by atoms with Crippen LogP contribution in [0, 0.1) is 31.1 Å². The maximum Gasteiger partial charge on any atom is 0.0606 e. The van der Waals surface area contributed by atoms with Crippen molar-refractivity contribution < 1.29 is 31.1 Å². The predicted molar refractivity (Wildman–Crippen MR) is 26.8 cm³/mol. The summed E-state index contributed by atoms with van der Waals surface area (Å²) in [7, 11) is 8.00. The molecule has 6 heavy (non-hydrogen) atoms. The molecule has 0 atom stereocenters. The Morgan fingerprint density at radius 1 is 1.17 bits per heavy atom. The smallest absolute Gasteiger partial charge is 0.0606 e. The van der Waals surface area contributed by atoms with E-state index in [-0.39, 0.29) is 31.1 Å². The van der Waals surface area contributed by atoms with Gasteiger partial charge in [-0.1, -0.05) is 6.82 Å². The Morgan fingerprint density at radius 3 is 1.17 bits per heavy atom. The molecule has 2 radical (unpaired) electrons. The Balaban J connectivity index is -0.0000000275. The first-order valence-electron chi connectivity index (χ1n) is 1.47. The van der Waals surface area contributed by atoms with Gasteiger partial charge in [-0.05, 0) is 0 Å². The van der Waals surface area contributed by atoms with Crippen molar-refractivity contribution in [2.75, 3.05) is 14.1 Å². The minimum absolute atomic E-state index is 0. The summed E-state index contributed by atoms with van der Waals surface area (Å²) in [4.78, 5) is 0. The second-order valence-corrected chi connectivity index (χ2v) is 0.447. The number of hydrogen-bond acceptors (Lipinski definition) is 0. The van der Waals surface area contributed by atoms with Gasteiger partial charge in [-0.25, -0.2) is 0 Å². The molecule has 0 aromatic rings. The SMILES string of the molecule is C[N-]C.[B]C.[U]. The van der Waals surface area contributed by atoms with Gasteiger partial charge in [0.05, 0.1) is 7.85 Å². The van der Waals surface area contributed by atoms with E-state index in [1.54, 1.807) is 14.1 Å². The molecular formula is C3H9BNU-. The Kier molecular flexibility index (Phi) is 95.2. The van der Waals surface area contributed by atoms with Gasteiger partial charge in [0.2, 0.25) is 0 Å². The van der Waals surface area contributed by atoms with Crippen molar-refractivity contribution in [3.05, 3.63) is 5.32 Å². The van der Waals surface area contributed by atoms with E-state index in [1.807, 2.05) is 0 Å². The fourth-order valence-electron chi connectivity index (χ4n) is 0. The molecule has 0 fully saturated rings. The van der Waals surface area contributed by atoms with Crippen molar-refractivity contribution in [2.45, 2.75) is 6.82 Å². The van der Waals surface area contributed by atoms with Crippen molar-refractivity contribution in [1.82, 2.24) is 0 Å². The van der Waals surface area contributed by atoms with Crippen LogP contribution in [-0.4, -0.2) is 21.9 Å². The molecule has 0 heterocycles. The first-order valence-corrected chi connectivity index (χ1v) is 1.47. The summed E-state index contributed by atoms with van der Waals surface area (Å²) in [5, 5.41) is 3.50. The Labute approximate surface area is 65.1 Å². The summed E-state index contributed by atoms with van der Waals surface area (Å²) in [6.07, 6.45) is 0. The largest absolute Gasteiger partial charge is 0.668 e. The molecule has 0 aromatic heterocycles. The van der Waals surface area contributed by atoms with Crippen molar-refractivity contribution in [1.29, 1.82) is 0 Å². The van der Waals surface area contributed by atoms with Gasteiger partial charge in [0.25, 0.3) is 0 Å². The average molecular weight is 308 g/mol. The third-order valence-electron chi connectivity index (χ3n) is 0. The van der Waals surface area contributed by atoms with Crippen LogP contribution in [0.5, 0.6) is 0 Å². The van der Waals surface area contributed by atoms with Crippen LogP contribution in [0.15, 0.2) is 0 Å².